The van der Waals surface area contributed by atoms with Crippen LogP contribution in [-0.2, 0) is 21.5 Å². The number of hydrogen-bond donors (Lipinski definition) is 1. The Morgan fingerprint density at radius 1 is 0.884 bits per heavy atom. The summed E-state index contributed by atoms with van der Waals surface area (Å²) >= 11 is 0. The Kier molecular flexibility index (Phi) is 9.88. The van der Waals surface area contributed by atoms with Crippen molar-refractivity contribution in [2.24, 2.45) is 5.92 Å². The number of imidazole rings is 1. The van der Waals surface area contributed by atoms with Crippen LogP contribution in [0.2, 0.25) is 0 Å². The Bertz CT molecular complexity index is 3500. The Morgan fingerprint density at radius 3 is 2.35 bits per heavy atom. The highest BCUT2D eigenvalue weighted by Gasteiger charge is 2.59. The van der Waals surface area contributed by atoms with Gasteiger partial charge in [-0.25, -0.2) is 18.7 Å². The van der Waals surface area contributed by atoms with Crippen LogP contribution in [0.1, 0.15) is 109 Å². The fraction of sp³-hybridized carbons (Fsp3) is 0.392. The van der Waals surface area contributed by atoms with E-state index in [1.165, 1.54) is 5.56 Å². The summed E-state index contributed by atoms with van der Waals surface area (Å²) in [7, 11) is 0. The summed E-state index contributed by atoms with van der Waals surface area (Å²) in [5.74, 6) is 0.0132. The molecule has 12 rings (SSSR count). The first kappa shape index (κ1) is 43.0. The van der Waals surface area contributed by atoms with Crippen LogP contribution >= 0.6 is 0 Å². The van der Waals surface area contributed by atoms with Crippen molar-refractivity contribution in [2.45, 2.75) is 90.3 Å². The molecule has 69 heavy (non-hydrogen) atoms. The first-order chi connectivity index (χ1) is 33.3. The molecule has 2 saturated heterocycles. The molecular formula is C51H52FN11O6. The number of nitrogens with zero attached hydrogens (tertiary/aromatic N) is 10. The number of halogens is 1. The van der Waals surface area contributed by atoms with Crippen molar-refractivity contribution in [3.63, 3.8) is 0 Å². The zero-order valence-electron chi connectivity index (χ0n) is 39.1. The molecule has 3 aliphatic heterocycles. The van der Waals surface area contributed by atoms with Crippen LogP contribution in [0.3, 0.4) is 0 Å². The van der Waals surface area contributed by atoms with E-state index >= 15 is 9.18 Å². The minimum Gasteiger partial charge on any atom is -0.381 e. The van der Waals surface area contributed by atoms with Crippen LogP contribution in [-0.4, -0.2) is 97.9 Å². The Hall–Kier alpha value is -7.34. The van der Waals surface area contributed by atoms with Crippen LogP contribution in [0, 0.1) is 25.6 Å². The molecule has 4 aliphatic rings. The van der Waals surface area contributed by atoms with Crippen molar-refractivity contribution >= 4 is 33.6 Å². The number of hydrogen-bond acceptors (Lipinski definition) is 9. The van der Waals surface area contributed by atoms with E-state index in [0.29, 0.717) is 97.0 Å². The predicted molar refractivity (Wildman–Crippen MR) is 253 cm³/mol. The first-order valence-electron chi connectivity index (χ1n) is 23.8. The Labute approximate surface area is 394 Å². The number of aryl methyl sites for hydroxylation is 2. The van der Waals surface area contributed by atoms with E-state index in [-0.39, 0.29) is 35.3 Å². The van der Waals surface area contributed by atoms with Crippen molar-refractivity contribution in [3.8, 4) is 17.2 Å². The van der Waals surface area contributed by atoms with Gasteiger partial charge in [-0.15, -0.1) is 0 Å². The van der Waals surface area contributed by atoms with E-state index in [9.17, 15) is 14.4 Å². The van der Waals surface area contributed by atoms with Crippen LogP contribution in [0.4, 0.5) is 4.39 Å². The van der Waals surface area contributed by atoms with Crippen LogP contribution in [0.15, 0.2) is 87.3 Å². The molecule has 2 amide bonds. The number of rotatable bonds is 8. The fourth-order valence-electron chi connectivity index (χ4n) is 11.7. The quantitative estimate of drug-likeness (QED) is 0.172. The van der Waals surface area contributed by atoms with Crippen molar-refractivity contribution < 1.29 is 23.2 Å². The SMILES string of the molecule is CC(=O)N1CC[C@H](n2ncc3cc(-n4ccn(-c5c6c(nn5-c5cc(C)c(F)c(C)c5)CCN(C(=O)c5cc7cc(C8CCOCC8)ccc7n5[C@@]5(c7noc(=O)[nH]7)C[C@@H]5C)[C@H]6C)c4=O)ccc32)C1. The van der Waals surface area contributed by atoms with Crippen LogP contribution < -0.4 is 11.4 Å². The largest absolute Gasteiger partial charge is 0.438 e. The topological polar surface area (TPSA) is 176 Å². The molecule has 0 spiro atoms. The van der Waals surface area contributed by atoms with Crippen molar-refractivity contribution in [2.75, 3.05) is 32.8 Å². The third kappa shape index (κ3) is 6.69. The summed E-state index contributed by atoms with van der Waals surface area (Å²) < 4.78 is 34.8. The minimum absolute atomic E-state index is 0.0206. The number of ether oxygens (including phenoxy) is 1. The first-order valence-corrected chi connectivity index (χ1v) is 23.8. The number of benzene rings is 3. The number of aromatic amines is 1. The third-order valence-corrected chi connectivity index (χ3v) is 15.5. The van der Waals surface area contributed by atoms with E-state index < -0.39 is 17.3 Å². The highest BCUT2D eigenvalue weighted by molar-refractivity contribution is 6.00. The maximum Gasteiger partial charge on any atom is 0.438 e. The van der Waals surface area contributed by atoms with E-state index in [2.05, 4.69) is 35.3 Å². The molecule has 18 heteroatoms. The lowest BCUT2D eigenvalue weighted by molar-refractivity contribution is -0.127. The number of amides is 2. The minimum atomic E-state index is -0.831. The Balaban J connectivity index is 0.962. The van der Waals surface area contributed by atoms with Crippen LogP contribution in [0.25, 0.3) is 39.0 Å². The summed E-state index contributed by atoms with van der Waals surface area (Å²) in [6.07, 6.45) is 8.86. The van der Waals surface area contributed by atoms with E-state index in [0.717, 1.165) is 46.8 Å². The van der Waals surface area contributed by atoms with Gasteiger partial charge in [-0.3, -0.25) is 32.9 Å². The van der Waals surface area contributed by atoms with Gasteiger partial charge >= 0.3 is 11.4 Å². The number of nitrogens with one attached hydrogen (secondary N) is 1. The molecule has 8 aromatic rings. The lowest BCUT2D eigenvalue weighted by atomic mass is 9.91. The lowest BCUT2D eigenvalue weighted by Crippen LogP contribution is -2.41. The van der Waals surface area contributed by atoms with Gasteiger partial charge in [0.1, 0.15) is 22.9 Å². The molecule has 0 bridgehead atoms. The molecule has 5 aromatic heterocycles. The molecule has 1 saturated carbocycles. The van der Waals surface area contributed by atoms with Crippen molar-refractivity contribution in [3.05, 3.63) is 140 Å². The second kappa shape index (κ2) is 15.9. The predicted octanol–water partition coefficient (Wildman–Crippen LogP) is 6.78. The number of likely N-dealkylation sites (tertiary alicyclic amines) is 1. The van der Waals surface area contributed by atoms with Gasteiger partial charge < -0.3 is 19.1 Å². The molecular weight excluding hydrogens is 882 g/mol. The van der Waals surface area contributed by atoms with Gasteiger partial charge in [-0.1, -0.05) is 18.1 Å². The van der Waals surface area contributed by atoms with Gasteiger partial charge in [0.25, 0.3) is 5.91 Å². The average Bonchev–Trinajstić information content (AvgIpc) is 4.11. The maximum atomic E-state index is 15.6. The van der Waals surface area contributed by atoms with Gasteiger partial charge in [-0.05, 0) is 124 Å². The van der Waals surface area contributed by atoms with Crippen LogP contribution in [0.5, 0.6) is 0 Å². The molecule has 0 unspecified atom stereocenters. The monoisotopic (exact) mass is 933 g/mol. The van der Waals surface area contributed by atoms with Gasteiger partial charge in [0.2, 0.25) is 5.91 Å². The normalized spacial score (nSPS) is 21.7. The molecule has 0 radical (unpaired) electrons. The van der Waals surface area contributed by atoms with E-state index in [4.69, 9.17) is 19.5 Å². The number of carbonyl (C=O) groups is 2. The molecule has 1 N–H and O–H groups in total. The zero-order chi connectivity index (χ0) is 47.6. The third-order valence-electron chi connectivity index (χ3n) is 15.5. The summed E-state index contributed by atoms with van der Waals surface area (Å²) in [5.41, 5.74) is 5.69. The average molecular weight is 934 g/mol. The van der Waals surface area contributed by atoms with Gasteiger partial charge in [0.15, 0.2) is 5.82 Å². The fourth-order valence-corrected chi connectivity index (χ4v) is 11.7. The van der Waals surface area contributed by atoms with Crippen molar-refractivity contribution in [1.29, 1.82) is 0 Å². The standard InChI is InChI=1S/C51H52FN11O6/c1-28-20-39(21-29(2)45(28)52)63-46(60-17-16-59(50(60)67)37-7-9-42-36(23-37)26-53-62(42)38-10-14-57(27-38)32(5)64)44-31(4)58(15-11-40(44)55-63)47(65)43-24-35-22-34(33-12-18-68-19-13-33)6-8-41(35)61(43)51(25-30(51)3)48-54-49(66)69-56-48/h6-9,16-17,20-24,26,30-31,33,38H,10-15,18-19,25,27H2,1-5H3,(H,54,56,66)/t30-,31-,38-,51-/m0/s1. The van der Waals surface area contributed by atoms with Gasteiger partial charge in [-0.2, -0.15) is 10.2 Å². The smallest absolute Gasteiger partial charge is 0.381 e. The Morgan fingerprint density at radius 2 is 1.64 bits per heavy atom. The number of fused-ring (bicyclic) bond motifs is 3. The summed E-state index contributed by atoms with van der Waals surface area (Å²) in [5, 5.41) is 15.8. The summed E-state index contributed by atoms with van der Waals surface area (Å²) in [6, 6.07) is 17.0. The number of aromatic nitrogens is 9. The molecule has 4 atom stereocenters. The van der Waals surface area contributed by atoms with Gasteiger partial charge in [0, 0.05) is 80.4 Å². The molecule has 354 valence electrons. The lowest BCUT2D eigenvalue weighted by Gasteiger charge is -2.34. The molecule has 3 aromatic carbocycles. The van der Waals surface area contributed by atoms with Gasteiger partial charge in [0.05, 0.1) is 40.9 Å². The zero-order valence-corrected chi connectivity index (χ0v) is 39.1. The number of H-pyrrole nitrogens is 1. The summed E-state index contributed by atoms with van der Waals surface area (Å²) in [4.78, 5) is 61.5. The van der Waals surface area contributed by atoms with E-state index in [1.54, 1.807) is 65.3 Å². The van der Waals surface area contributed by atoms with E-state index in [1.807, 2.05) is 50.2 Å². The number of carbonyl (C=O) groups excluding carboxylic acids is 2. The highest BCUT2D eigenvalue weighted by Crippen LogP contribution is 2.56. The van der Waals surface area contributed by atoms with Crippen molar-refractivity contribution in [1.82, 2.24) is 53.2 Å². The highest BCUT2D eigenvalue weighted by atomic mass is 19.1. The molecule has 3 fully saturated rings. The summed E-state index contributed by atoms with van der Waals surface area (Å²) in [6.45, 7) is 12.0. The second-order valence-electron chi connectivity index (χ2n) is 19.5. The molecule has 8 heterocycles. The molecule has 1 aliphatic carbocycles. The maximum absolute atomic E-state index is 15.6. The molecule has 17 nitrogen and oxygen atoms in total. The second-order valence-corrected chi connectivity index (χ2v) is 19.5.